The molecule has 90 valence electrons. The average Bonchev–Trinajstić information content (AvgIpc) is 2.15. The number of carboxylic acid groups (broad SMARTS) is 1. The number of hydrazone groups is 1. The number of nitrogens with one attached hydrogen (secondary N) is 1. The Morgan fingerprint density at radius 1 is 1.56 bits per heavy atom. The van der Waals surface area contributed by atoms with Gasteiger partial charge in [-0.1, -0.05) is 0 Å². The van der Waals surface area contributed by atoms with Gasteiger partial charge in [-0.05, 0) is 19.3 Å². The Bertz CT molecular complexity index is 316. The average molecular weight is 229 g/mol. The highest BCUT2D eigenvalue weighted by atomic mass is 16.4. The van der Waals surface area contributed by atoms with E-state index in [4.69, 9.17) is 10.8 Å². The number of urea groups is 1. The van der Waals surface area contributed by atoms with E-state index in [1.54, 1.807) is 0 Å². The number of aliphatic carboxylic acids is 1. The second-order valence-electron chi connectivity index (χ2n) is 3.80. The van der Waals surface area contributed by atoms with Crippen molar-refractivity contribution >= 4 is 17.7 Å². The summed E-state index contributed by atoms with van der Waals surface area (Å²) in [4.78, 5) is 21.1. The van der Waals surface area contributed by atoms with Crippen LogP contribution in [0, 0.1) is 5.92 Å². The summed E-state index contributed by atoms with van der Waals surface area (Å²) in [5, 5.41) is 21.9. The molecule has 0 spiro atoms. The molecule has 1 aliphatic carbocycles. The summed E-state index contributed by atoms with van der Waals surface area (Å²) in [6, 6.07) is -0.785. The van der Waals surface area contributed by atoms with E-state index in [1.807, 2.05) is 0 Å². The maximum Gasteiger partial charge on any atom is 0.332 e. The van der Waals surface area contributed by atoms with Crippen LogP contribution in [0.25, 0.3) is 0 Å². The molecule has 16 heavy (non-hydrogen) atoms. The molecule has 0 aromatic carbocycles. The van der Waals surface area contributed by atoms with Crippen LogP contribution in [-0.4, -0.2) is 34.0 Å². The Hall–Kier alpha value is -1.63. The summed E-state index contributed by atoms with van der Waals surface area (Å²) >= 11 is 0. The van der Waals surface area contributed by atoms with Crippen LogP contribution in [0.2, 0.25) is 0 Å². The van der Waals surface area contributed by atoms with Crippen molar-refractivity contribution in [1.82, 2.24) is 5.43 Å². The van der Waals surface area contributed by atoms with Crippen molar-refractivity contribution in [3.05, 3.63) is 0 Å². The lowest BCUT2D eigenvalue weighted by atomic mass is 9.83. The molecule has 0 aliphatic heterocycles. The highest BCUT2D eigenvalue weighted by molar-refractivity contribution is 5.91. The number of carboxylic acids is 1. The van der Waals surface area contributed by atoms with Gasteiger partial charge in [0.25, 0.3) is 0 Å². The highest BCUT2D eigenvalue weighted by Crippen LogP contribution is 2.24. The smallest absolute Gasteiger partial charge is 0.332 e. The SMILES string of the molecule is NC(=O)N/N=C1\CC[C@@H](O)C[C@H]1CC(=O)O. The zero-order valence-corrected chi connectivity index (χ0v) is 8.72. The molecule has 1 rings (SSSR count). The first-order chi connectivity index (χ1) is 7.49. The Morgan fingerprint density at radius 3 is 2.81 bits per heavy atom. The lowest BCUT2D eigenvalue weighted by Gasteiger charge is -2.26. The lowest BCUT2D eigenvalue weighted by Crippen LogP contribution is -2.33. The quantitative estimate of drug-likeness (QED) is 0.493. The molecule has 0 saturated heterocycles. The topological polar surface area (TPSA) is 125 Å². The van der Waals surface area contributed by atoms with Crippen LogP contribution in [-0.2, 0) is 4.79 Å². The normalized spacial score (nSPS) is 27.7. The number of aliphatic hydroxyl groups is 1. The number of hydrogen-bond acceptors (Lipinski definition) is 4. The third-order valence-corrected chi connectivity index (χ3v) is 2.49. The number of primary amides is 1. The van der Waals surface area contributed by atoms with Crippen LogP contribution in [0.3, 0.4) is 0 Å². The molecular formula is C9H15N3O4. The Labute approximate surface area is 92.3 Å². The van der Waals surface area contributed by atoms with Gasteiger partial charge in [0.15, 0.2) is 0 Å². The van der Waals surface area contributed by atoms with E-state index >= 15 is 0 Å². The van der Waals surface area contributed by atoms with Crippen LogP contribution in [0.4, 0.5) is 4.79 Å². The minimum atomic E-state index is -0.953. The van der Waals surface area contributed by atoms with Crippen molar-refractivity contribution in [2.75, 3.05) is 0 Å². The summed E-state index contributed by atoms with van der Waals surface area (Å²) in [6.45, 7) is 0. The summed E-state index contributed by atoms with van der Waals surface area (Å²) in [5.41, 5.74) is 7.52. The molecule has 2 amide bonds. The molecule has 0 unspecified atom stereocenters. The number of nitrogens with two attached hydrogens (primary N) is 1. The molecule has 2 atom stereocenters. The van der Waals surface area contributed by atoms with Gasteiger partial charge in [0.05, 0.1) is 12.5 Å². The molecule has 7 heteroatoms. The van der Waals surface area contributed by atoms with E-state index < -0.39 is 18.1 Å². The third-order valence-electron chi connectivity index (χ3n) is 2.49. The molecule has 0 aromatic heterocycles. The number of hydrogen-bond donors (Lipinski definition) is 4. The van der Waals surface area contributed by atoms with Crippen LogP contribution in [0.5, 0.6) is 0 Å². The van der Waals surface area contributed by atoms with Crippen molar-refractivity contribution in [3.63, 3.8) is 0 Å². The van der Waals surface area contributed by atoms with E-state index in [0.29, 0.717) is 25.0 Å². The van der Waals surface area contributed by atoms with Gasteiger partial charge in [-0.3, -0.25) is 4.79 Å². The van der Waals surface area contributed by atoms with Gasteiger partial charge in [-0.2, -0.15) is 5.10 Å². The molecule has 1 saturated carbocycles. The second-order valence-corrected chi connectivity index (χ2v) is 3.80. The number of carbonyl (C=O) groups excluding carboxylic acids is 1. The minimum absolute atomic E-state index is 0.101. The first kappa shape index (κ1) is 12.4. The van der Waals surface area contributed by atoms with Crippen LogP contribution in [0.15, 0.2) is 5.10 Å². The monoisotopic (exact) mass is 229 g/mol. The predicted octanol–water partition coefficient (Wildman–Crippen LogP) is -0.354. The van der Waals surface area contributed by atoms with Crippen molar-refractivity contribution in [1.29, 1.82) is 0 Å². The van der Waals surface area contributed by atoms with E-state index in [-0.39, 0.29) is 12.3 Å². The van der Waals surface area contributed by atoms with E-state index in [0.717, 1.165) is 0 Å². The van der Waals surface area contributed by atoms with Crippen LogP contribution >= 0.6 is 0 Å². The fraction of sp³-hybridized carbons (Fsp3) is 0.667. The summed E-state index contributed by atoms with van der Waals surface area (Å²) in [7, 11) is 0. The number of rotatable bonds is 3. The van der Waals surface area contributed by atoms with Gasteiger partial charge in [0, 0.05) is 11.6 Å². The zero-order chi connectivity index (χ0) is 12.1. The molecule has 1 fully saturated rings. The van der Waals surface area contributed by atoms with Crippen LogP contribution < -0.4 is 11.2 Å². The number of carbonyl (C=O) groups is 2. The first-order valence-electron chi connectivity index (χ1n) is 5.00. The molecule has 7 nitrogen and oxygen atoms in total. The van der Waals surface area contributed by atoms with E-state index in [2.05, 4.69) is 10.5 Å². The third kappa shape index (κ3) is 3.85. The molecule has 1 aliphatic rings. The minimum Gasteiger partial charge on any atom is -0.481 e. The maximum absolute atomic E-state index is 10.6. The van der Waals surface area contributed by atoms with Crippen molar-refractivity contribution in [2.24, 2.45) is 16.8 Å². The van der Waals surface area contributed by atoms with Gasteiger partial charge in [-0.15, -0.1) is 0 Å². The van der Waals surface area contributed by atoms with Gasteiger partial charge < -0.3 is 15.9 Å². The van der Waals surface area contributed by atoms with E-state index in [9.17, 15) is 14.7 Å². The van der Waals surface area contributed by atoms with Crippen molar-refractivity contribution in [3.8, 4) is 0 Å². The van der Waals surface area contributed by atoms with Gasteiger partial charge in [0.2, 0.25) is 0 Å². The molecule has 0 bridgehead atoms. The molecule has 0 radical (unpaired) electrons. The number of aliphatic hydroxyl groups excluding tert-OH is 1. The van der Waals surface area contributed by atoms with Gasteiger partial charge in [0.1, 0.15) is 0 Å². The summed E-state index contributed by atoms with van der Waals surface area (Å²) in [6.07, 6.45) is 0.744. The molecule has 0 aromatic rings. The maximum atomic E-state index is 10.6. The van der Waals surface area contributed by atoms with E-state index in [1.165, 1.54) is 0 Å². The van der Waals surface area contributed by atoms with Gasteiger partial charge >= 0.3 is 12.0 Å². The Balaban J connectivity index is 2.67. The summed E-state index contributed by atoms with van der Waals surface area (Å²) in [5.74, 6) is -1.29. The summed E-state index contributed by atoms with van der Waals surface area (Å²) < 4.78 is 0. The number of amides is 2. The second kappa shape index (κ2) is 5.45. The Morgan fingerprint density at radius 2 is 2.25 bits per heavy atom. The standard InChI is InChI=1S/C9H15N3O4/c10-9(16)12-11-7-2-1-6(13)3-5(7)4-8(14)15/h5-6,13H,1-4H2,(H,14,15)(H3,10,12,16)/b11-7+/t5-,6+/m0/s1. The lowest BCUT2D eigenvalue weighted by molar-refractivity contribution is -0.137. The molecule has 5 N–H and O–H groups in total. The number of nitrogens with zero attached hydrogens (tertiary/aromatic N) is 1. The first-order valence-corrected chi connectivity index (χ1v) is 5.00. The zero-order valence-electron chi connectivity index (χ0n) is 8.72. The molecule has 0 heterocycles. The van der Waals surface area contributed by atoms with Gasteiger partial charge in [-0.25, -0.2) is 10.2 Å². The van der Waals surface area contributed by atoms with Crippen LogP contribution in [0.1, 0.15) is 25.7 Å². The fourth-order valence-corrected chi connectivity index (χ4v) is 1.79. The Kier molecular flexibility index (Phi) is 4.24. The predicted molar refractivity (Wildman–Crippen MR) is 55.8 cm³/mol. The highest BCUT2D eigenvalue weighted by Gasteiger charge is 2.28. The fourth-order valence-electron chi connectivity index (χ4n) is 1.79. The van der Waals surface area contributed by atoms with Crippen molar-refractivity contribution < 1.29 is 19.8 Å². The molecular weight excluding hydrogens is 214 g/mol. The van der Waals surface area contributed by atoms with Crippen molar-refractivity contribution in [2.45, 2.75) is 31.8 Å². The largest absolute Gasteiger partial charge is 0.481 e.